The van der Waals surface area contributed by atoms with Crippen LogP contribution in [0.15, 0.2) is 48.7 Å². The number of hydrogen-bond donors (Lipinski definition) is 2. The van der Waals surface area contributed by atoms with Crippen molar-refractivity contribution in [2.24, 2.45) is 5.73 Å². The van der Waals surface area contributed by atoms with E-state index in [-0.39, 0.29) is 6.03 Å². The molecule has 224 valence electrons. The van der Waals surface area contributed by atoms with Crippen molar-refractivity contribution in [3.63, 3.8) is 0 Å². The zero-order valence-electron chi connectivity index (χ0n) is 24.4. The largest absolute Gasteiger partial charge is 0.494 e. The standard InChI is InChI=1S/C30H39ClN7O3P/c1-41-27-19-23(36-12-10-22(11-13-36)37-14-16-38(17-15-37)29(32)39)8-9-25(27)34-30-33-20-24(31)26(35-30)18-21-6-4-5-7-28(21)42(2,3)40/h4-9,19-20,22H,10-18H2,1-3H3,(H2,32,39)(H,33,34,35). The summed E-state index contributed by atoms with van der Waals surface area (Å²) in [5, 5.41) is 4.58. The van der Waals surface area contributed by atoms with Crippen molar-refractivity contribution >= 4 is 47.4 Å². The number of aromatic nitrogens is 2. The summed E-state index contributed by atoms with van der Waals surface area (Å²) in [6.07, 6.45) is 4.17. The van der Waals surface area contributed by atoms with Gasteiger partial charge in [-0.1, -0.05) is 35.9 Å². The first-order valence-corrected chi connectivity index (χ1v) is 17.2. The van der Waals surface area contributed by atoms with E-state index in [1.807, 2.05) is 36.4 Å². The molecular formula is C30H39ClN7O3P. The van der Waals surface area contributed by atoms with E-state index in [1.54, 1.807) is 31.5 Å². The molecule has 3 aromatic rings. The third kappa shape index (κ3) is 7.00. The molecule has 0 saturated carbocycles. The van der Waals surface area contributed by atoms with Gasteiger partial charge in [0.05, 0.1) is 29.7 Å². The number of primary amides is 1. The van der Waals surface area contributed by atoms with Crippen molar-refractivity contribution in [2.75, 3.05) is 69.9 Å². The summed E-state index contributed by atoms with van der Waals surface area (Å²) in [7, 11) is -0.807. The molecule has 5 rings (SSSR count). The number of nitrogens with one attached hydrogen (secondary N) is 1. The van der Waals surface area contributed by atoms with Gasteiger partial charge in [-0.2, -0.15) is 0 Å². The number of hydrogen-bond acceptors (Lipinski definition) is 8. The summed E-state index contributed by atoms with van der Waals surface area (Å²) >= 11 is 6.48. The number of ether oxygens (including phenoxy) is 1. The number of carbonyl (C=O) groups excluding carboxylic acids is 1. The highest BCUT2D eigenvalue weighted by Crippen LogP contribution is 2.37. The average Bonchev–Trinajstić information content (AvgIpc) is 2.99. The molecule has 2 fully saturated rings. The Bertz CT molecular complexity index is 1470. The van der Waals surface area contributed by atoms with E-state index in [9.17, 15) is 9.36 Å². The highest BCUT2D eigenvalue weighted by Gasteiger charge is 2.28. The SMILES string of the molecule is COc1cc(N2CCC(N3CCN(C(N)=O)CC3)CC2)ccc1Nc1ncc(Cl)c(Cc2ccccc2P(C)(C)=O)n1. The quantitative estimate of drug-likeness (QED) is 0.360. The van der Waals surface area contributed by atoms with E-state index in [1.165, 1.54) is 0 Å². The summed E-state index contributed by atoms with van der Waals surface area (Å²) in [5.41, 5.74) is 8.89. The van der Waals surface area contributed by atoms with E-state index in [0.717, 1.165) is 61.3 Å². The lowest BCUT2D eigenvalue weighted by Crippen LogP contribution is -2.55. The Kier molecular flexibility index (Phi) is 9.25. The third-order valence-corrected chi connectivity index (χ3v) is 10.1. The van der Waals surface area contributed by atoms with Gasteiger partial charge in [-0.05, 0) is 43.9 Å². The van der Waals surface area contributed by atoms with Crippen LogP contribution in [0.25, 0.3) is 0 Å². The first-order valence-electron chi connectivity index (χ1n) is 14.3. The highest BCUT2D eigenvalue weighted by molar-refractivity contribution is 7.70. The smallest absolute Gasteiger partial charge is 0.314 e. The molecule has 0 atom stereocenters. The van der Waals surface area contributed by atoms with E-state index in [0.29, 0.717) is 48.0 Å². The van der Waals surface area contributed by atoms with Crippen molar-refractivity contribution in [2.45, 2.75) is 25.3 Å². The summed E-state index contributed by atoms with van der Waals surface area (Å²) in [6, 6.07) is 14.0. The number of nitrogens with zero attached hydrogens (tertiary/aromatic N) is 5. The molecule has 10 nitrogen and oxygen atoms in total. The Labute approximate surface area is 252 Å². The van der Waals surface area contributed by atoms with Gasteiger partial charge < -0.3 is 30.2 Å². The molecule has 0 radical (unpaired) electrons. The van der Waals surface area contributed by atoms with Gasteiger partial charge in [0.1, 0.15) is 12.9 Å². The second kappa shape index (κ2) is 12.9. The number of nitrogens with two attached hydrogens (primary N) is 1. The number of amides is 2. The first kappa shape index (κ1) is 30.1. The molecule has 12 heteroatoms. The van der Waals surface area contributed by atoms with Crippen LogP contribution in [0.2, 0.25) is 5.02 Å². The van der Waals surface area contributed by atoms with Crippen molar-refractivity contribution in [1.29, 1.82) is 0 Å². The van der Waals surface area contributed by atoms with Crippen molar-refractivity contribution in [3.05, 3.63) is 64.9 Å². The number of halogens is 1. The number of anilines is 3. The van der Waals surface area contributed by atoms with Gasteiger partial charge in [-0.25, -0.2) is 14.8 Å². The van der Waals surface area contributed by atoms with Crippen LogP contribution in [0.3, 0.4) is 0 Å². The summed E-state index contributed by atoms with van der Waals surface area (Å²) in [5.74, 6) is 1.10. The van der Waals surface area contributed by atoms with Crippen molar-refractivity contribution in [3.8, 4) is 5.75 Å². The van der Waals surface area contributed by atoms with Gasteiger partial charge >= 0.3 is 6.03 Å². The predicted molar refractivity (Wildman–Crippen MR) is 170 cm³/mol. The molecule has 3 N–H and O–H groups in total. The molecule has 0 aliphatic carbocycles. The van der Waals surface area contributed by atoms with Crippen LogP contribution in [-0.4, -0.2) is 91.5 Å². The Hall–Kier alpha value is -3.33. The number of rotatable bonds is 8. The molecule has 42 heavy (non-hydrogen) atoms. The topological polar surface area (TPSA) is 117 Å². The second-order valence-electron chi connectivity index (χ2n) is 11.2. The minimum Gasteiger partial charge on any atom is -0.494 e. The van der Waals surface area contributed by atoms with E-state index in [4.69, 9.17) is 27.1 Å². The normalized spacial score (nSPS) is 16.9. The number of benzene rings is 2. The maximum Gasteiger partial charge on any atom is 0.314 e. The molecular weight excluding hydrogens is 573 g/mol. The van der Waals surface area contributed by atoms with Crippen LogP contribution in [0, 0.1) is 0 Å². The molecule has 1 aromatic heterocycles. The molecule has 2 aromatic carbocycles. The van der Waals surface area contributed by atoms with Crippen LogP contribution in [0.1, 0.15) is 24.1 Å². The second-order valence-corrected chi connectivity index (χ2v) is 14.8. The molecule has 2 saturated heterocycles. The molecule has 2 aliphatic rings. The van der Waals surface area contributed by atoms with Crippen LogP contribution in [-0.2, 0) is 11.0 Å². The fourth-order valence-corrected chi connectivity index (χ4v) is 7.30. The summed E-state index contributed by atoms with van der Waals surface area (Å²) in [4.78, 5) is 27.1. The fraction of sp³-hybridized carbons (Fsp3) is 0.433. The predicted octanol–water partition coefficient (Wildman–Crippen LogP) is 4.39. The monoisotopic (exact) mass is 611 g/mol. The first-order chi connectivity index (χ1) is 20.1. The molecule has 0 bridgehead atoms. The van der Waals surface area contributed by atoms with Crippen LogP contribution >= 0.6 is 18.7 Å². The Morgan fingerprint density at radius 3 is 2.48 bits per heavy atom. The lowest BCUT2D eigenvalue weighted by atomic mass is 10.0. The van der Waals surface area contributed by atoms with Crippen LogP contribution in [0.5, 0.6) is 5.75 Å². The van der Waals surface area contributed by atoms with Gasteiger partial charge in [0.2, 0.25) is 5.95 Å². The Morgan fingerprint density at radius 1 is 1.10 bits per heavy atom. The van der Waals surface area contributed by atoms with Crippen molar-refractivity contribution in [1.82, 2.24) is 19.8 Å². The number of methoxy groups -OCH3 is 1. The Morgan fingerprint density at radius 2 is 1.81 bits per heavy atom. The zero-order chi connectivity index (χ0) is 29.9. The van der Waals surface area contributed by atoms with Gasteiger partial charge in [-0.3, -0.25) is 4.90 Å². The maximum atomic E-state index is 12.8. The molecule has 0 spiro atoms. The van der Waals surface area contributed by atoms with Crippen LogP contribution < -0.4 is 26.0 Å². The van der Waals surface area contributed by atoms with Gasteiger partial charge in [0.15, 0.2) is 0 Å². The minimum atomic E-state index is -2.46. The van der Waals surface area contributed by atoms with Gasteiger partial charge in [0, 0.05) is 68.8 Å². The number of piperidine rings is 1. The van der Waals surface area contributed by atoms with Crippen LogP contribution in [0.4, 0.5) is 22.1 Å². The minimum absolute atomic E-state index is 0.328. The number of urea groups is 1. The summed E-state index contributed by atoms with van der Waals surface area (Å²) < 4.78 is 18.6. The average molecular weight is 612 g/mol. The number of piperazine rings is 1. The van der Waals surface area contributed by atoms with Gasteiger partial charge in [0.25, 0.3) is 0 Å². The van der Waals surface area contributed by atoms with E-state index < -0.39 is 7.14 Å². The lowest BCUT2D eigenvalue weighted by molar-refractivity contribution is 0.0995. The third-order valence-electron chi connectivity index (χ3n) is 8.15. The number of carbonyl (C=O) groups is 1. The molecule has 3 heterocycles. The fourth-order valence-electron chi connectivity index (χ4n) is 5.85. The Balaban J connectivity index is 1.24. The molecule has 0 unspecified atom stereocenters. The van der Waals surface area contributed by atoms with Crippen molar-refractivity contribution < 1.29 is 14.1 Å². The van der Waals surface area contributed by atoms with E-state index in [2.05, 4.69) is 26.2 Å². The van der Waals surface area contributed by atoms with Gasteiger partial charge in [-0.15, -0.1) is 0 Å². The van der Waals surface area contributed by atoms with E-state index >= 15 is 0 Å². The molecule has 2 amide bonds. The summed E-state index contributed by atoms with van der Waals surface area (Å²) in [6.45, 7) is 8.59. The molecule has 2 aliphatic heterocycles. The highest BCUT2D eigenvalue weighted by atomic mass is 35.5. The lowest BCUT2D eigenvalue weighted by Gasteiger charge is -2.43. The maximum absolute atomic E-state index is 12.8. The zero-order valence-corrected chi connectivity index (χ0v) is 26.1.